The summed E-state index contributed by atoms with van der Waals surface area (Å²) in [5.74, 6) is 0.837. The quantitative estimate of drug-likeness (QED) is 0.378. The summed E-state index contributed by atoms with van der Waals surface area (Å²) in [6.07, 6.45) is 1.83. The second-order valence-corrected chi connectivity index (χ2v) is 8.91. The maximum Gasteiger partial charge on any atom is 0.274 e. The summed E-state index contributed by atoms with van der Waals surface area (Å²) in [5, 5.41) is 0. The van der Waals surface area contributed by atoms with E-state index >= 15 is 0 Å². The van der Waals surface area contributed by atoms with Crippen LogP contribution in [0, 0.1) is 19.7 Å². The minimum Gasteiger partial charge on any atom is -0.493 e. The summed E-state index contributed by atoms with van der Waals surface area (Å²) < 4.78 is 26.7. The van der Waals surface area contributed by atoms with Crippen LogP contribution in [0.3, 0.4) is 0 Å². The average molecular weight is 461 g/mol. The Hall–Kier alpha value is -3.71. The van der Waals surface area contributed by atoms with Crippen molar-refractivity contribution >= 4 is 33.4 Å². The van der Waals surface area contributed by atoms with Crippen molar-refractivity contribution in [3.63, 3.8) is 0 Å². The van der Waals surface area contributed by atoms with Gasteiger partial charge in [-0.05, 0) is 78.6 Å². The number of fused-ring (bicyclic) bond motifs is 3. The lowest BCUT2D eigenvalue weighted by molar-refractivity contribution is 0.284. The third-order valence-corrected chi connectivity index (χ3v) is 6.62. The smallest absolute Gasteiger partial charge is 0.274 e. The first-order chi connectivity index (χ1) is 15.9. The Balaban J connectivity index is 1.48. The van der Waals surface area contributed by atoms with Crippen LogP contribution in [0.15, 0.2) is 59.4 Å². The number of halogens is 1. The van der Waals surface area contributed by atoms with Crippen LogP contribution in [-0.2, 0) is 6.61 Å². The Morgan fingerprint density at radius 1 is 1.03 bits per heavy atom. The minimum atomic E-state index is -0.284. The van der Waals surface area contributed by atoms with Crippen molar-refractivity contribution in [2.75, 3.05) is 7.11 Å². The molecule has 7 heteroatoms. The highest BCUT2D eigenvalue weighted by atomic mass is 32.1. The van der Waals surface area contributed by atoms with Gasteiger partial charge in [0, 0.05) is 0 Å². The molecule has 3 aromatic carbocycles. The van der Waals surface area contributed by atoms with Crippen molar-refractivity contribution in [1.29, 1.82) is 0 Å². The van der Waals surface area contributed by atoms with Crippen LogP contribution in [0.2, 0.25) is 0 Å². The van der Waals surface area contributed by atoms with E-state index in [-0.39, 0.29) is 11.4 Å². The van der Waals surface area contributed by atoms with Crippen molar-refractivity contribution in [2.24, 2.45) is 0 Å². The second kappa shape index (κ2) is 8.33. The Morgan fingerprint density at radius 3 is 2.55 bits per heavy atom. The zero-order valence-electron chi connectivity index (χ0n) is 18.4. The molecule has 0 saturated heterocycles. The van der Waals surface area contributed by atoms with Crippen molar-refractivity contribution in [3.8, 4) is 11.5 Å². The lowest BCUT2D eigenvalue weighted by Crippen LogP contribution is -2.22. The van der Waals surface area contributed by atoms with Gasteiger partial charge in [-0.25, -0.2) is 13.8 Å². The Bertz CT molecular complexity index is 1600. The number of methoxy groups -OCH3 is 1. The predicted octanol–water partition coefficient (Wildman–Crippen LogP) is 4.80. The first-order valence-corrected chi connectivity index (χ1v) is 11.2. The number of rotatable bonds is 5. The number of hydrogen-bond acceptors (Lipinski definition) is 5. The molecule has 0 unspecified atom stereocenters. The molecule has 33 heavy (non-hydrogen) atoms. The maximum atomic E-state index is 13.1. The largest absolute Gasteiger partial charge is 0.493 e. The van der Waals surface area contributed by atoms with E-state index in [9.17, 15) is 9.18 Å². The van der Waals surface area contributed by atoms with E-state index in [1.165, 1.54) is 23.5 Å². The highest BCUT2D eigenvalue weighted by Crippen LogP contribution is 2.29. The molecule has 0 fully saturated rings. The van der Waals surface area contributed by atoms with Gasteiger partial charge >= 0.3 is 0 Å². The molecule has 5 nitrogen and oxygen atoms in total. The molecule has 0 aliphatic heterocycles. The monoisotopic (exact) mass is 460 g/mol. The lowest BCUT2D eigenvalue weighted by atomic mass is 10.1. The van der Waals surface area contributed by atoms with Gasteiger partial charge in [-0.1, -0.05) is 29.5 Å². The van der Waals surface area contributed by atoms with Crippen LogP contribution in [0.5, 0.6) is 11.5 Å². The SMILES string of the molecule is COc1cc(/C=c2\sc3nc4cc(C)c(C)cc4n3c2=O)ccc1OCc1ccc(F)cc1. The third-order valence-electron chi connectivity index (χ3n) is 5.65. The molecule has 0 bridgehead atoms. The predicted molar refractivity (Wildman–Crippen MR) is 129 cm³/mol. The van der Waals surface area contributed by atoms with E-state index in [4.69, 9.17) is 9.47 Å². The van der Waals surface area contributed by atoms with E-state index < -0.39 is 0 Å². The zero-order chi connectivity index (χ0) is 23.1. The first-order valence-electron chi connectivity index (χ1n) is 10.4. The maximum absolute atomic E-state index is 13.1. The molecule has 0 radical (unpaired) electrons. The summed E-state index contributed by atoms with van der Waals surface area (Å²) in [6.45, 7) is 4.36. The summed E-state index contributed by atoms with van der Waals surface area (Å²) in [5.41, 5.74) is 5.52. The fraction of sp³-hybridized carbons (Fsp3) is 0.154. The van der Waals surface area contributed by atoms with Gasteiger partial charge in [0.05, 0.1) is 22.7 Å². The number of nitrogens with zero attached hydrogens (tertiary/aromatic N) is 2. The summed E-state index contributed by atoms with van der Waals surface area (Å²) in [4.78, 5) is 18.4. The number of imidazole rings is 1. The lowest BCUT2D eigenvalue weighted by Gasteiger charge is -2.11. The standard InChI is InChI=1S/C26H21FN2O3S/c1-15-10-20-21(11-16(15)2)29-25(30)24(33-26(29)28-20)13-18-6-9-22(23(12-18)31-3)32-14-17-4-7-19(27)8-5-17/h4-13H,14H2,1-3H3/b24-13-. The molecule has 0 aliphatic rings. The van der Waals surface area contributed by atoms with E-state index in [1.54, 1.807) is 29.7 Å². The van der Waals surface area contributed by atoms with Gasteiger partial charge in [0.15, 0.2) is 16.5 Å². The van der Waals surface area contributed by atoms with Crippen LogP contribution < -0.4 is 19.6 Å². The normalized spacial score (nSPS) is 12.1. The molecule has 0 amide bonds. The van der Waals surface area contributed by atoms with E-state index in [2.05, 4.69) is 4.98 Å². The fourth-order valence-electron chi connectivity index (χ4n) is 3.70. The molecule has 5 rings (SSSR count). The van der Waals surface area contributed by atoms with Crippen molar-refractivity contribution in [2.45, 2.75) is 20.5 Å². The highest BCUT2D eigenvalue weighted by molar-refractivity contribution is 7.15. The van der Waals surface area contributed by atoms with Gasteiger partial charge in [0.25, 0.3) is 5.56 Å². The fourth-order valence-corrected chi connectivity index (χ4v) is 4.69. The Kier molecular flexibility index (Phi) is 5.34. The van der Waals surface area contributed by atoms with Gasteiger partial charge < -0.3 is 9.47 Å². The number of ether oxygens (including phenoxy) is 2. The molecular weight excluding hydrogens is 439 g/mol. The topological polar surface area (TPSA) is 52.8 Å². The number of aromatic nitrogens is 2. The minimum absolute atomic E-state index is 0.0867. The summed E-state index contributed by atoms with van der Waals surface area (Å²) in [6, 6.07) is 15.7. The van der Waals surface area contributed by atoms with Gasteiger partial charge in [0.2, 0.25) is 0 Å². The summed E-state index contributed by atoms with van der Waals surface area (Å²) >= 11 is 1.36. The Labute approximate surface area is 193 Å². The molecule has 5 aromatic rings. The average Bonchev–Trinajstić information content (AvgIpc) is 3.29. The number of aryl methyl sites for hydroxylation is 2. The third kappa shape index (κ3) is 3.96. The van der Waals surface area contributed by atoms with Crippen LogP contribution >= 0.6 is 11.3 Å². The van der Waals surface area contributed by atoms with Crippen molar-refractivity contribution in [3.05, 3.63) is 97.6 Å². The molecule has 0 atom stereocenters. The van der Waals surface area contributed by atoms with Crippen molar-refractivity contribution in [1.82, 2.24) is 9.38 Å². The van der Waals surface area contributed by atoms with Gasteiger partial charge in [-0.2, -0.15) is 0 Å². The van der Waals surface area contributed by atoms with Gasteiger partial charge in [-0.15, -0.1) is 0 Å². The molecule has 166 valence electrons. The van der Waals surface area contributed by atoms with Crippen LogP contribution in [0.1, 0.15) is 22.3 Å². The van der Waals surface area contributed by atoms with Crippen LogP contribution in [0.4, 0.5) is 4.39 Å². The highest BCUT2D eigenvalue weighted by Gasteiger charge is 2.13. The molecular formula is C26H21FN2O3S. The molecule has 0 spiro atoms. The van der Waals surface area contributed by atoms with E-state index in [0.29, 0.717) is 27.6 Å². The molecule has 2 heterocycles. The molecule has 0 aliphatic carbocycles. The van der Waals surface area contributed by atoms with Crippen LogP contribution in [0.25, 0.3) is 22.1 Å². The van der Waals surface area contributed by atoms with Crippen LogP contribution in [-0.4, -0.2) is 16.5 Å². The molecule has 0 saturated carbocycles. The molecule has 2 aromatic heterocycles. The number of thiazole rings is 1. The number of hydrogen-bond donors (Lipinski definition) is 0. The number of benzene rings is 3. The second-order valence-electron chi connectivity index (χ2n) is 7.90. The van der Waals surface area contributed by atoms with Gasteiger partial charge in [-0.3, -0.25) is 4.79 Å². The first kappa shape index (κ1) is 21.2. The molecule has 0 N–H and O–H groups in total. The summed E-state index contributed by atoms with van der Waals surface area (Å²) in [7, 11) is 1.57. The van der Waals surface area contributed by atoms with Crippen molar-refractivity contribution < 1.29 is 13.9 Å². The van der Waals surface area contributed by atoms with E-state index in [0.717, 1.165) is 33.3 Å². The van der Waals surface area contributed by atoms with E-state index in [1.807, 2.05) is 44.2 Å². The van der Waals surface area contributed by atoms with Gasteiger partial charge in [0.1, 0.15) is 12.4 Å². The Morgan fingerprint density at radius 2 is 1.79 bits per heavy atom. The zero-order valence-corrected chi connectivity index (χ0v) is 19.2.